The maximum absolute atomic E-state index is 13.8. The Labute approximate surface area is 199 Å². The van der Waals surface area contributed by atoms with Gasteiger partial charge in [-0.3, -0.25) is 0 Å². The number of anilines is 1. The minimum atomic E-state index is -0.268. The average molecular weight is 454 g/mol. The molecule has 1 unspecified atom stereocenters. The van der Waals surface area contributed by atoms with Crippen LogP contribution in [-0.4, -0.2) is 29.7 Å². The van der Waals surface area contributed by atoms with E-state index in [0.717, 1.165) is 22.5 Å². The Morgan fingerprint density at radius 1 is 0.912 bits per heavy atom. The number of nitrogens with one attached hydrogen (secondary N) is 1. The van der Waals surface area contributed by atoms with Crippen LogP contribution in [0.4, 0.5) is 10.5 Å². The molecule has 6 nitrogen and oxygen atoms in total. The smallest absolute Gasteiger partial charge is 0.322 e. The Morgan fingerprint density at radius 2 is 1.62 bits per heavy atom. The van der Waals surface area contributed by atoms with Crippen molar-refractivity contribution in [1.82, 2.24) is 9.47 Å². The first-order chi connectivity index (χ1) is 16.6. The van der Waals surface area contributed by atoms with Gasteiger partial charge in [-0.05, 0) is 36.2 Å². The van der Waals surface area contributed by atoms with Crippen LogP contribution in [0.25, 0.3) is 5.69 Å². The van der Waals surface area contributed by atoms with Crippen LogP contribution in [0.15, 0.2) is 85.1 Å². The summed E-state index contributed by atoms with van der Waals surface area (Å²) in [5.41, 5.74) is 6.03. The van der Waals surface area contributed by atoms with E-state index in [0.29, 0.717) is 23.7 Å². The number of fused-ring (bicyclic) bond motifs is 3. The molecule has 172 valence electrons. The maximum atomic E-state index is 13.8. The number of carbonyl (C=O) groups is 1. The van der Waals surface area contributed by atoms with E-state index in [1.54, 1.807) is 32.4 Å². The number of aromatic nitrogens is 1. The molecule has 0 saturated heterocycles. The molecule has 0 fully saturated rings. The molecule has 4 aromatic rings. The highest BCUT2D eigenvalue weighted by Crippen LogP contribution is 2.37. The van der Waals surface area contributed by atoms with Crippen molar-refractivity contribution >= 4 is 11.7 Å². The largest absolute Gasteiger partial charge is 0.497 e. The van der Waals surface area contributed by atoms with Gasteiger partial charge in [0.15, 0.2) is 0 Å². The van der Waals surface area contributed by atoms with E-state index in [1.165, 1.54) is 5.56 Å². The molecular weight excluding hydrogens is 426 g/mol. The second kappa shape index (κ2) is 8.98. The van der Waals surface area contributed by atoms with Gasteiger partial charge >= 0.3 is 6.03 Å². The lowest BCUT2D eigenvalue weighted by Gasteiger charge is -2.31. The zero-order chi connectivity index (χ0) is 23.7. The number of benzene rings is 3. The summed E-state index contributed by atoms with van der Waals surface area (Å²) in [7, 11) is 3.18. The van der Waals surface area contributed by atoms with Crippen molar-refractivity contribution in [2.75, 3.05) is 19.5 Å². The molecule has 6 heteroatoms. The second-order valence-corrected chi connectivity index (χ2v) is 8.40. The highest BCUT2D eigenvalue weighted by molar-refractivity contribution is 5.90. The normalized spacial score (nSPS) is 14.6. The Kier molecular flexibility index (Phi) is 5.72. The third-order valence-corrected chi connectivity index (χ3v) is 6.22. The van der Waals surface area contributed by atoms with E-state index in [4.69, 9.17) is 9.47 Å². The van der Waals surface area contributed by atoms with Crippen LogP contribution < -0.4 is 14.8 Å². The van der Waals surface area contributed by atoms with Gasteiger partial charge in [-0.2, -0.15) is 0 Å². The molecule has 1 aliphatic rings. The predicted octanol–water partition coefficient (Wildman–Crippen LogP) is 5.94. The van der Waals surface area contributed by atoms with Gasteiger partial charge < -0.3 is 24.3 Å². The minimum Gasteiger partial charge on any atom is -0.497 e. The van der Waals surface area contributed by atoms with Crippen LogP contribution in [-0.2, 0) is 6.54 Å². The number of amides is 2. The number of nitrogens with zero attached hydrogens (tertiary/aromatic N) is 2. The Morgan fingerprint density at radius 3 is 2.32 bits per heavy atom. The van der Waals surface area contributed by atoms with Crippen molar-refractivity contribution in [3.8, 4) is 17.2 Å². The standard InChI is InChI=1S/C28H27N3O3/c1-19-10-12-20(13-11-19)27-26-9-6-14-30(26)25-8-5-4-7-21(25)18-31(27)28(32)29-22-15-23(33-2)17-24(16-22)34-3/h4-17,27H,18H2,1-3H3,(H,29,32). The molecule has 1 aromatic heterocycles. The quantitative estimate of drug-likeness (QED) is 0.416. The number of ether oxygens (including phenoxy) is 2. The fourth-order valence-corrected chi connectivity index (χ4v) is 4.51. The van der Waals surface area contributed by atoms with Crippen molar-refractivity contribution in [2.45, 2.75) is 19.5 Å². The van der Waals surface area contributed by atoms with Gasteiger partial charge in [0.05, 0.1) is 32.5 Å². The number of methoxy groups -OCH3 is 2. The molecule has 5 rings (SSSR count). The van der Waals surface area contributed by atoms with Gasteiger partial charge in [0, 0.05) is 35.8 Å². The van der Waals surface area contributed by atoms with E-state index in [9.17, 15) is 4.79 Å². The predicted molar refractivity (Wildman–Crippen MR) is 133 cm³/mol. The van der Waals surface area contributed by atoms with Crippen LogP contribution in [0.3, 0.4) is 0 Å². The third kappa shape index (κ3) is 3.99. The number of urea groups is 1. The zero-order valence-electron chi connectivity index (χ0n) is 19.5. The van der Waals surface area contributed by atoms with E-state index in [2.05, 4.69) is 65.5 Å². The summed E-state index contributed by atoms with van der Waals surface area (Å²) < 4.78 is 12.9. The first kappa shape index (κ1) is 21.6. The van der Waals surface area contributed by atoms with Gasteiger partial charge in [0.1, 0.15) is 11.5 Å². The van der Waals surface area contributed by atoms with Crippen LogP contribution in [0.1, 0.15) is 28.4 Å². The molecule has 3 aromatic carbocycles. The summed E-state index contributed by atoms with van der Waals surface area (Å²) in [6.45, 7) is 2.53. The average Bonchev–Trinajstić information content (AvgIpc) is 3.28. The van der Waals surface area contributed by atoms with Gasteiger partial charge in [0.2, 0.25) is 0 Å². The van der Waals surface area contributed by atoms with E-state index in [1.807, 2.05) is 23.1 Å². The molecule has 1 aliphatic heterocycles. The molecule has 0 aliphatic carbocycles. The second-order valence-electron chi connectivity index (χ2n) is 8.40. The molecule has 34 heavy (non-hydrogen) atoms. The molecule has 0 radical (unpaired) electrons. The summed E-state index contributed by atoms with van der Waals surface area (Å²) in [5.74, 6) is 1.22. The number of carbonyl (C=O) groups excluding carboxylic acids is 1. The van der Waals surface area contributed by atoms with Gasteiger partial charge in [-0.15, -0.1) is 0 Å². The lowest BCUT2D eigenvalue weighted by molar-refractivity contribution is 0.194. The monoisotopic (exact) mass is 453 g/mol. The lowest BCUT2D eigenvalue weighted by Crippen LogP contribution is -2.37. The van der Waals surface area contributed by atoms with Crippen LogP contribution in [0, 0.1) is 6.92 Å². The maximum Gasteiger partial charge on any atom is 0.322 e. The van der Waals surface area contributed by atoms with E-state index in [-0.39, 0.29) is 12.1 Å². The molecule has 0 saturated carbocycles. The van der Waals surface area contributed by atoms with Crippen LogP contribution in [0.5, 0.6) is 11.5 Å². The Bertz CT molecular complexity index is 1300. The molecule has 2 heterocycles. The Balaban J connectivity index is 1.60. The number of hydrogen-bond acceptors (Lipinski definition) is 3. The topological polar surface area (TPSA) is 55.7 Å². The summed E-state index contributed by atoms with van der Waals surface area (Å²) in [6.07, 6.45) is 2.06. The Hall–Kier alpha value is -4.19. The minimum absolute atomic E-state index is 0.203. The number of aryl methyl sites for hydroxylation is 1. The van der Waals surface area contributed by atoms with Crippen LogP contribution >= 0.6 is 0 Å². The van der Waals surface area contributed by atoms with Crippen LogP contribution in [0.2, 0.25) is 0 Å². The molecule has 1 atom stereocenters. The van der Waals surface area contributed by atoms with Gasteiger partial charge in [-0.1, -0.05) is 48.0 Å². The first-order valence-electron chi connectivity index (χ1n) is 11.2. The fraction of sp³-hybridized carbons (Fsp3) is 0.179. The van der Waals surface area contributed by atoms with E-state index >= 15 is 0 Å². The van der Waals surface area contributed by atoms with Crippen molar-refractivity contribution in [1.29, 1.82) is 0 Å². The van der Waals surface area contributed by atoms with Crippen molar-refractivity contribution in [3.05, 3.63) is 107 Å². The summed E-state index contributed by atoms with van der Waals surface area (Å²) in [5, 5.41) is 3.07. The highest BCUT2D eigenvalue weighted by Gasteiger charge is 2.33. The van der Waals surface area contributed by atoms with E-state index < -0.39 is 0 Å². The summed E-state index contributed by atoms with van der Waals surface area (Å²) >= 11 is 0. The van der Waals surface area contributed by atoms with Crippen molar-refractivity contribution in [2.24, 2.45) is 0 Å². The van der Waals surface area contributed by atoms with Gasteiger partial charge in [0.25, 0.3) is 0 Å². The number of hydrogen-bond donors (Lipinski definition) is 1. The highest BCUT2D eigenvalue weighted by atomic mass is 16.5. The summed E-state index contributed by atoms with van der Waals surface area (Å²) in [4.78, 5) is 15.7. The molecule has 0 bridgehead atoms. The third-order valence-electron chi connectivity index (χ3n) is 6.22. The number of rotatable bonds is 4. The molecule has 0 spiro atoms. The summed E-state index contributed by atoms with van der Waals surface area (Å²) in [6, 6.07) is 25.6. The first-order valence-corrected chi connectivity index (χ1v) is 11.2. The lowest BCUT2D eigenvalue weighted by atomic mass is 10.0. The molecule has 2 amide bonds. The van der Waals surface area contributed by atoms with Gasteiger partial charge in [-0.25, -0.2) is 4.79 Å². The molecular formula is C28H27N3O3. The SMILES string of the molecule is COc1cc(NC(=O)N2Cc3ccccc3-n3cccc3C2c2ccc(C)cc2)cc(OC)c1. The molecule has 1 N–H and O–H groups in total. The zero-order valence-corrected chi connectivity index (χ0v) is 19.5. The fourth-order valence-electron chi connectivity index (χ4n) is 4.51. The number of para-hydroxylation sites is 1. The van der Waals surface area contributed by atoms with Crippen molar-refractivity contribution < 1.29 is 14.3 Å². The van der Waals surface area contributed by atoms with Crippen molar-refractivity contribution in [3.63, 3.8) is 0 Å².